The quantitative estimate of drug-likeness (QED) is 0.775. The van der Waals surface area contributed by atoms with Crippen LogP contribution >= 0.6 is 0 Å². The van der Waals surface area contributed by atoms with E-state index < -0.39 is 23.7 Å². The predicted molar refractivity (Wildman–Crippen MR) is 57.8 cm³/mol. The fourth-order valence-corrected chi connectivity index (χ4v) is 2.38. The molecule has 2 atom stereocenters. The number of primary amides is 1. The number of carboxylic acid groups (broad SMARTS) is 1. The van der Waals surface area contributed by atoms with Crippen LogP contribution in [0.15, 0.2) is 24.3 Å². The van der Waals surface area contributed by atoms with Gasteiger partial charge in [-0.15, -0.1) is 0 Å². The van der Waals surface area contributed by atoms with Gasteiger partial charge in [0.2, 0.25) is 5.91 Å². The number of amides is 1. The van der Waals surface area contributed by atoms with Gasteiger partial charge in [-0.25, -0.2) is 0 Å². The molecule has 1 aliphatic rings. The van der Waals surface area contributed by atoms with Crippen LogP contribution in [0.5, 0.6) is 0 Å². The molecule has 0 aliphatic heterocycles. The highest BCUT2D eigenvalue weighted by molar-refractivity contribution is 5.88. The zero-order chi connectivity index (χ0) is 11.7. The maximum absolute atomic E-state index is 11.4. The Morgan fingerprint density at radius 3 is 2.62 bits per heavy atom. The molecule has 2 rings (SSSR count). The molecule has 0 bridgehead atoms. The van der Waals surface area contributed by atoms with E-state index in [2.05, 4.69) is 0 Å². The van der Waals surface area contributed by atoms with E-state index in [0.29, 0.717) is 12.8 Å². The van der Waals surface area contributed by atoms with Gasteiger partial charge in [0.25, 0.3) is 0 Å². The minimum absolute atomic E-state index is 0.472. The highest BCUT2D eigenvalue weighted by Gasteiger charge is 2.37. The zero-order valence-electron chi connectivity index (χ0n) is 8.72. The fourth-order valence-electron chi connectivity index (χ4n) is 2.38. The van der Waals surface area contributed by atoms with E-state index in [-0.39, 0.29) is 0 Å². The van der Waals surface area contributed by atoms with Crippen molar-refractivity contribution >= 4 is 11.9 Å². The summed E-state index contributed by atoms with van der Waals surface area (Å²) in [6.45, 7) is 0. The minimum Gasteiger partial charge on any atom is -0.481 e. The summed E-state index contributed by atoms with van der Waals surface area (Å²) in [4.78, 5) is 22.5. The summed E-state index contributed by atoms with van der Waals surface area (Å²) in [5, 5.41) is 9.08. The lowest BCUT2D eigenvalue weighted by molar-refractivity contribution is -0.145. The van der Waals surface area contributed by atoms with Gasteiger partial charge < -0.3 is 10.8 Å². The van der Waals surface area contributed by atoms with Gasteiger partial charge in [-0.1, -0.05) is 24.3 Å². The van der Waals surface area contributed by atoms with Crippen LogP contribution in [0.3, 0.4) is 0 Å². The number of hydrogen-bond donors (Lipinski definition) is 2. The lowest BCUT2D eigenvalue weighted by atomic mass is 9.75. The first-order chi connectivity index (χ1) is 7.61. The monoisotopic (exact) mass is 219 g/mol. The molecule has 4 heteroatoms. The van der Waals surface area contributed by atoms with E-state index in [9.17, 15) is 9.59 Å². The highest BCUT2D eigenvalue weighted by atomic mass is 16.4. The van der Waals surface area contributed by atoms with Crippen LogP contribution in [0.1, 0.15) is 23.5 Å². The topological polar surface area (TPSA) is 80.4 Å². The summed E-state index contributed by atoms with van der Waals surface area (Å²) in [6, 6.07) is 7.40. The van der Waals surface area contributed by atoms with Gasteiger partial charge in [-0.2, -0.15) is 0 Å². The second-order valence-electron chi connectivity index (χ2n) is 4.06. The number of carboxylic acids is 1. The van der Waals surface area contributed by atoms with Crippen molar-refractivity contribution in [3.05, 3.63) is 35.4 Å². The number of carbonyl (C=O) groups is 2. The van der Waals surface area contributed by atoms with Gasteiger partial charge in [0.1, 0.15) is 0 Å². The van der Waals surface area contributed by atoms with E-state index in [1.807, 2.05) is 12.1 Å². The first-order valence-electron chi connectivity index (χ1n) is 5.21. The van der Waals surface area contributed by atoms with Crippen molar-refractivity contribution in [1.82, 2.24) is 0 Å². The first-order valence-corrected chi connectivity index (χ1v) is 5.21. The molecule has 3 N–H and O–H groups in total. The molecule has 4 nitrogen and oxygen atoms in total. The third kappa shape index (κ3) is 1.66. The van der Waals surface area contributed by atoms with Gasteiger partial charge in [-0.05, 0) is 24.0 Å². The zero-order valence-corrected chi connectivity index (χ0v) is 8.72. The van der Waals surface area contributed by atoms with E-state index in [0.717, 1.165) is 11.1 Å². The number of aliphatic carboxylic acids is 1. The van der Waals surface area contributed by atoms with Crippen molar-refractivity contribution in [2.24, 2.45) is 11.7 Å². The molecule has 84 valence electrons. The molecule has 1 aliphatic carbocycles. The molecular weight excluding hydrogens is 206 g/mol. The molecule has 0 fully saturated rings. The van der Waals surface area contributed by atoms with E-state index >= 15 is 0 Å². The lowest BCUT2D eigenvalue weighted by Crippen LogP contribution is -2.36. The summed E-state index contributed by atoms with van der Waals surface area (Å²) in [6.07, 6.45) is 1.16. The van der Waals surface area contributed by atoms with E-state index in [4.69, 9.17) is 10.8 Å². The Labute approximate surface area is 93.1 Å². The maximum atomic E-state index is 11.4. The highest BCUT2D eigenvalue weighted by Crippen LogP contribution is 2.36. The summed E-state index contributed by atoms with van der Waals surface area (Å²) >= 11 is 0. The largest absolute Gasteiger partial charge is 0.481 e. The third-order valence-electron chi connectivity index (χ3n) is 3.14. The molecule has 2 unspecified atom stereocenters. The summed E-state index contributed by atoms with van der Waals surface area (Å²) in [5.41, 5.74) is 7.11. The van der Waals surface area contributed by atoms with Crippen LogP contribution in [0.25, 0.3) is 0 Å². The fraction of sp³-hybridized carbons (Fsp3) is 0.333. The Morgan fingerprint density at radius 1 is 1.31 bits per heavy atom. The molecular formula is C12H13NO3. The molecule has 0 saturated carbocycles. The number of aryl methyl sites for hydroxylation is 1. The van der Waals surface area contributed by atoms with Gasteiger partial charge >= 0.3 is 5.97 Å². The van der Waals surface area contributed by atoms with Crippen LogP contribution in [-0.2, 0) is 16.0 Å². The molecule has 0 saturated heterocycles. The van der Waals surface area contributed by atoms with Crippen LogP contribution < -0.4 is 5.73 Å². The average molecular weight is 219 g/mol. The van der Waals surface area contributed by atoms with Crippen LogP contribution in [0.2, 0.25) is 0 Å². The van der Waals surface area contributed by atoms with Gasteiger partial charge in [0.05, 0.1) is 11.8 Å². The molecule has 16 heavy (non-hydrogen) atoms. The Balaban J connectivity index is 2.47. The Bertz CT molecular complexity index is 442. The number of benzene rings is 1. The van der Waals surface area contributed by atoms with Crippen LogP contribution in [0.4, 0.5) is 0 Å². The average Bonchev–Trinajstić information content (AvgIpc) is 2.27. The van der Waals surface area contributed by atoms with Gasteiger partial charge in [0.15, 0.2) is 0 Å². The summed E-state index contributed by atoms with van der Waals surface area (Å²) in [7, 11) is 0. The minimum atomic E-state index is -0.946. The molecule has 1 aromatic carbocycles. The number of fused-ring (bicyclic) bond motifs is 1. The lowest BCUT2D eigenvalue weighted by Gasteiger charge is -2.28. The Kier molecular flexibility index (Phi) is 2.64. The second-order valence-corrected chi connectivity index (χ2v) is 4.06. The summed E-state index contributed by atoms with van der Waals surface area (Å²) in [5.74, 6) is -2.88. The molecule has 0 heterocycles. The van der Waals surface area contributed by atoms with Crippen molar-refractivity contribution in [1.29, 1.82) is 0 Å². The number of carbonyl (C=O) groups excluding carboxylic acids is 1. The number of hydrogen-bond acceptors (Lipinski definition) is 2. The van der Waals surface area contributed by atoms with E-state index in [1.165, 1.54) is 0 Å². The standard InChI is InChI=1S/C12H13NO3/c13-11(14)10-8-4-2-1-3-7(8)5-6-9(10)12(15)16/h1-4,9-10H,5-6H2,(H2,13,14)(H,15,16). The van der Waals surface area contributed by atoms with Crippen LogP contribution in [-0.4, -0.2) is 17.0 Å². The van der Waals surface area contributed by atoms with Crippen molar-refractivity contribution < 1.29 is 14.7 Å². The van der Waals surface area contributed by atoms with Crippen molar-refractivity contribution in [3.63, 3.8) is 0 Å². The van der Waals surface area contributed by atoms with Crippen molar-refractivity contribution in [2.45, 2.75) is 18.8 Å². The first kappa shape index (κ1) is 10.7. The molecule has 0 aromatic heterocycles. The molecule has 0 radical (unpaired) electrons. The second kappa shape index (κ2) is 3.96. The smallest absolute Gasteiger partial charge is 0.307 e. The third-order valence-corrected chi connectivity index (χ3v) is 3.14. The normalized spacial score (nSPS) is 23.5. The summed E-state index contributed by atoms with van der Waals surface area (Å²) < 4.78 is 0. The SMILES string of the molecule is NC(=O)C1c2ccccc2CCC1C(=O)O. The Morgan fingerprint density at radius 2 is 2.00 bits per heavy atom. The molecule has 0 spiro atoms. The van der Waals surface area contributed by atoms with Crippen molar-refractivity contribution in [2.75, 3.05) is 0 Å². The van der Waals surface area contributed by atoms with Crippen molar-refractivity contribution in [3.8, 4) is 0 Å². The van der Waals surface area contributed by atoms with Gasteiger partial charge in [-0.3, -0.25) is 9.59 Å². The van der Waals surface area contributed by atoms with Gasteiger partial charge in [0, 0.05) is 0 Å². The molecule has 1 aromatic rings. The predicted octanol–water partition coefficient (Wildman–Crippen LogP) is 0.902. The molecule has 1 amide bonds. The van der Waals surface area contributed by atoms with E-state index in [1.54, 1.807) is 12.1 Å². The van der Waals surface area contributed by atoms with Crippen LogP contribution in [0, 0.1) is 5.92 Å². The Hall–Kier alpha value is -1.84. The number of rotatable bonds is 2. The maximum Gasteiger partial charge on any atom is 0.307 e. The number of nitrogens with two attached hydrogens (primary N) is 1.